The van der Waals surface area contributed by atoms with E-state index in [1.807, 2.05) is 0 Å². The topological polar surface area (TPSA) is 173 Å². The van der Waals surface area contributed by atoms with Gasteiger partial charge < -0.3 is 18.9 Å². The second kappa shape index (κ2) is 21.3. The maximum absolute atomic E-state index is 12.8. The first kappa shape index (κ1) is 42.1. The molecule has 0 aromatic heterocycles. The monoisotopic (exact) mass is 760 g/mol. The van der Waals surface area contributed by atoms with Gasteiger partial charge in [-0.05, 0) is 99.9 Å². The van der Waals surface area contributed by atoms with Crippen LogP contribution >= 0.6 is 0 Å². The molecule has 0 aliphatic heterocycles. The van der Waals surface area contributed by atoms with Gasteiger partial charge in [-0.2, -0.15) is 0 Å². The van der Waals surface area contributed by atoms with Crippen LogP contribution in [-0.4, -0.2) is 65.4 Å². The van der Waals surface area contributed by atoms with E-state index < -0.39 is 55.4 Å². The Kier molecular flexibility index (Phi) is 17.2. The molecular formula is C38H48O12S2. The molecular weight excluding hydrogens is 713 g/mol. The van der Waals surface area contributed by atoms with Crippen LogP contribution in [0, 0.1) is 11.8 Å². The maximum atomic E-state index is 12.8. The number of carbonyl (C=O) groups is 4. The van der Waals surface area contributed by atoms with Gasteiger partial charge in [-0.15, -0.1) is 0 Å². The van der Waals surface area contributed by atoms with Crippen molar-refractivity contribution in [2.24, 2.45) is 11.8 Å². The normalized spacial score (nSPS) is 15.9. The van der Waals surface area contributed by atoms with Crippen LogP contribution in [-0.2, 0) is 48.3 Å². The Morgan fingerprint density at radius 1 is 0.538 bits per heavy atom. The lowest BCUT2D eigenvalue weighted by Crippen LogP contribution is -2.30. The first-order chi connectivity index (χ1) is 24.8. The van der Waals surface area contributed by atoms with E-state index in [1.54, 1.807) is 0 Å². The summed E-state index contributed by atoms with van der Waals surface area (Å²) >= 11 is 0. The molecule has 1 fully saturated rings. The van der Waals surface area contributed by atoms with E-state index in [-0.39, 0.29) is 46.0 Å². The van der Waals surface area contributed by atoms with Gasteiger partial charge in [0.15, 0.2) is 19.7 Å². The van der Waals surface area contributed by atoms with Crippen LogP contribution in [0.1, 0.15) is 77.0 Å². The van der Waals surface area contributed by atoms with Crippen molar-refractivity contribution in [3.63, 3.8) is 0 Å². The molecule has 0 amide bonds. The molecule has 0 radical (unpaired) electrons. The molecule has 0 unspecified atom stereocenters. The zero-order chi connectivity index (χ0) is 38.0. The molecule has 0 N–H and O–H groups in total. The number of carbonyl (C=O) groups excluding carboxylic acids is 4. The number of hydrogen-bond acceptors (Lipinski definition) is 12. The van der Waals surface area contributed by atoms with Gasteiger partial charge in [-0.3, -0.25) is 9.59 Å². The van der Waals surface area contributed by atoms with Gasteiger partial charge in [-0.25, -0.2) is 26.4 Å². The van der Waals surface area contributed by atoms with Crippen molar-refractivity contribution in [1.29, 1.82) is 0 Å². The van der Waals surface area contributed by atoms with Crippen LogP contribution in [0.4, 0.5) is 0 Å². The number of benzene rings is 2. The highest BCUT2D eigenvalue weighted by atomic mass is 32.2. The summed E-state index contributed by atoms with van der Waals surface area (Å²) in [5, 5.41) is 0. The first-order valence-electron chi connectivity index (χ1n) is 17.5. The lowest BCUT2D eigenvalue weighted by atomic mass is 9.82. The van der Waals surface area contributed by atoms with Crippen molar-refractivity contribution in [1.82, 2.24) is 0 Å². The van der Waals surface area contributed by atoms with Crippen LogP contribution in [0.25, 0.3) is 0 Å². The van der Waals surface area contributed by atoms with Crippen molar-refractivity contribution in [3.8, 4) is 11.5 Å². The zero-order valence-corrected chi connectivity index (χ0v) is 31.0. The van der Waals surface area contributed by atoms with Crippen LogP contribution < -0.4 is 9.47 Å². The van der Waals surface area contributed by atoms with Crippen molar-refractivity contribution in [2.45, 2.75) is 86.8 Å². The number of ether oxygens (including phenoxy) is 4. The Bertz CT molecular complexity index is 1590. The van der Waals surface area contributed by atoms with Crippen LogP contribution in [0.2, 0.25) is 0 Å². The van der Waals surface area contributed by atoms with Crippen molar-refractivity contribution >= 4 is 43.6 Å². The van der Waals surface area contributed by atoms with Crippen LogP contribution in [0.3, 0.4) is 0 Å². The second-order valence-electron chi connectivity index (χ2n) is 12.5. The molecule has 284 valence electrons. The Labute approximate surface area is 306 Å². The maximum Gasteiger partial charge on any atom is 0.330 e. The summed E-state index contributed by atoms with van der Waals surface area (Å²) in [6.45, 7) is 7.18. The molecule has 52 heavy (non-hydrogen) atoms. The highest BCUT2D eigenvalue weighted by Crippen LogP contribution is 2.32. The summed E-state index contributed by atoms with van der Waals surface area (Å²) < 4.78 is 71.7. The minimum absolute atomic E-state index is 0.0290. The molecule has 0 saturated heterocycles. The Hall–Kier alpha value is -4.30. The van der Waals surface area contributed by atoms with Crippen molar-refractivity contribution in [3.05, 3.63) is 73.8 Å². The van der Waals surface area contributed by atoms with Gasteiger partial charge in [0, 0.05) is 12.2 Å². The number of unbranched alkanes of at least 4 members (excludes halogenated alkanes) is 6. The van der Waals surface area contributed by atoms with Gasteiger partial charge in [0.05, 0.1) is 46.3 Å². The minimum atomic E-state index is -3.51. The third kappa shape index (κ3) is 14.4. The van der Waals surface area contributed by atoms with E-state index in [0.717, 1.165) is 25.0 Å². The summed E-state index contributed by atoms with van der Waals surface area (Å²) in [7, 11) is -7.03. The lowest BCUT2D eigenvalue weighted by molar-refractivity contribution is -0.145. The Morgan fingerprint density at radius 2 is 0.865 bits per heavy atom. The van der Waals surface area contributed by atoms with Gasteiger partial charge in [-0.1, -0.05) is 38.8 Å². The van der Waals surface area contributed by atoms with Gasteiger partial charge >= 0.3 is 23.9 Å². The summed E-state index contributed by atoms with van der Waals surface area (Å²) in [6, 6.07) is 11.5. The quantitative estimate of drug-likeness (QED) is 0.0582. The fourth-order valence-corrected chi connectivity index (χ4v) is 8.33. The average Bonchev–Trinajstić information content (AvgIpc) is 3.14. The number of sulfone groups is 2. The van der Waals surface area contributed by atoms with Crippen molar-refractivity contribution in [2.75, 3.05) is 24.7 Å². The standard InChI is InChI=1S/C38H48O12S2/c1-3-35(39)47-25-9-5-7-11-27-51(43,44)33-21-17-31(18-22-33)49-37(41)29-13-15-30(16-14-29)38(42)50-32-19-23-34(24-20-32)52(45,46)28-12-8-6-10-26-48-36(40)4-2/h3-4,17-24,29-30H,1-2,5-16,25-28H2. The SMILES string of the molecule is C=CC(=O)OCCCCCCS(=O)(=O)c1ccc(OC(=O)C2CCC(C(=O)Oc3ccc(S(=O)(=O)CCCCCCOC(=O)C=C)cc3)CC2)cc1. The van der Waals surface area contributed by atoms with E-state index in [0.29, 0.717) is 64.2 Å². The number of rotatable bonds is 22. The summed E-state index contributed by atoms with van der Waals surface area (Å²) in [6.07, 6.45) is 8.84. The van der Waals surface area contributed by atoms with E-state index in [2.05, 4.69) is 13.2 Å². The fraction of sp³-hybridized carbons (Fsp3) is 0.474. The highest BCUT2D eigenvalue weighted by Gasteiger charge is 2.32. The molecule has 2 aromatic rings. The lowest BCUT2D eigenvalue weighted by Gasteiger charge is -2.25. The average molecular weight is 761 g/mol. The van der Waals surface area contributed by atoms with Gasteiger partial charge in [0.1, 0.15) is 11.5 Å². The summed E-state index contributed by atoms with van der Waals surface area (Å²) in [4.78, 5) is 48.0. The molecule has 0 atom stereocenters. The van der Waals surface area contributed by atoms with Crippen molar-refractivity contribution < 1.29 is 55.0 Å². The summed E-state index contributed by atoms with van der Waals surface area (Å²) in [5.41, 5.74) is 0. The number of hydrogen-bond donors (Lipinski definition) is 0. The molecule has 0 heterocycles. The van der Waals surface area contributed by atoms with Gasteiger partial charge in [0.25, 0.3) is 0 Å². The fourth-order valence-electron chi connectivity index (χ4n) is 5.59. The van der Waals surface area contributed by atoms with E-state index >= 15 is 0 Å². The molecule has 3 rings (SSSR count). The van der Waals surface area contributed by atoms with Gasteiger partial charge in [0.2, 0.25) is 0 Å². The smallest absolute Gasteiger partial charge is 0.330 e. The molecule has 1 saturated carbocycles. The Morgan fingerprint density at radius 3 is 1.19 bits per heavy atom. The second-order valence-corrected chi connectivity index (χ2v) is 16.8. The third-order valence-electron chi connectivity index (χ3n) is 8.63. The molecule has 1 aliphatic rings. The molecule has 2 aromatic carbocycles. The third-order valence-corrected chi connectivity index (χ3v) is 12.3. The molecule has 12 nitrogen and oxygen atoms in total. The first-order valence-corrected chi connectivity index (χ1v) is 20.8. The highest BCUT2D eigenvalue weighted by molar-refractivity contribution is 7.91. The van der Waals surface area contributed by atoms with E-state index in [9.17, 15) is 36.0 Å². The number of esters is 4. The largest absolute Gasteiger partial charge is 0.463 e. The molecule has 1 aliphatic carbocycles. The molecule has 14 heteroatoms. The van der Waals surface area contributed by atoms with Crippen LogP contribution in [0.15, 0.2) is 83.6 Å². The van der Waals surface area contributed by atoms with Crippen LogP contribution in [0.5, 0.6) is 11.5 Å². The predicted molar refractivity (Wildman–Crippen MR) is 193 cm³/mol. The molecule has 0 bridgehead atoms. The minimum Gasteiger partial charge on any atom is -0.463 e. The predicted octanol–water partition coefficient (Wildman–Crippen LogP) is 6.13. The zero-order valence-electron chi connectivity index (χ0n) is 29.4. The van der Waals surface area contributed by atoms with E-state index in [1.165, 1.54) is 48.5 Å². The summed E-state index contributed by atoms with van der Waals surface area (Å²) in [5.74, 6) is -2.31. The Balaban J connectivity index is 1.36. The molecule has 0 spiro atoms. The van der Waals surface area contributed by atoms with E-state index in [4.69, 9.17) is 18.9 Å².